The fourth-order valence-corrected chi connectivity index (χ4v) is 4.52. The third-order valence-electron chi connectivity index (χ3n) is 6.52. The molecule has 0 saturated heterocycles. The lowest BCUT2D eigenvalue weighted by Crippen LogP contribution is -2.35. The first-order valence-electron chi connectivity index (χ1n) is 11.9. The van der Waals surface area contributed by atoms with Crippen molar-refractivity contribution in [3.63, 3.8) is 0 Å². The van der Waals surface area contributed by atoms with Crippen LogP contribution in [0.3, 0.4) is 0 Å². The molecular formula is C28H22FN5O4. The number of nitrogens with one attached hydrogen (secondary N) is 2. The molecule has 0 fully saturated rings. The minimum absolute atomic E-state index is 0.0202. The molecule has 190 valence electrons. The molecule has 6 rings (SSSR count). The molecule has 0 bridgehead atoms. The van der Waals surface area contributed by atoms with E-state index in [-0.39, 0.29) is 53.3 Å². The zero-order chi connectivity index (χ0) is 26.4. The number of hydrogen-bond donors (Lipinski definition) is 2. The SMILES string of the molecule is Cc1cccn2c(=O)c3cc(C(=O)NCc4ccc5c(c4)OCO5)c(=N)n(Cc4ccc(F)cc4)c3nc12. The van der Waals surface area contributed by atoms with Crippen LogP contribution < -0.4 is 25.8 Å². The maximum absolute atomic E-state index is 13.5. The van der Waals surface area contributed by atoms with E-state index in [0.29, 0.717) is 22.7 Å². The third kappa shape index (κ3) is 4.05. The molecule has 5 aromatic rings. The summed E-state index contributed by atoms with van der Waals surface area (Å²) in [4.78, 5) is 31.5. The molecule has 1 amide bonds. The number of aromatic nitrogens is 3. The lowest BCUT2D eigenvalue weighted by molar-refractivity contribution is 0.0948. The molecule has 0 aliphatic carbocycles. The van der Waals surface area contributed by atoms with Crippen LogP contribution in [0, 0.1) is 18.2 Å². The van der Waals surface area contributed by atoms with Gasteiger partial charge in [-0.2, -0.15) is 0 Å². The summed E-state index contributed by atoms with van der Waals surface area (Å²) in [5.41, 5.74) is 2.54. The van der Waals surface area contributed by atoms with E-state index in [9.17, 15) is 14.0 Å². The van der Waals surface area contributed by atoms with E-state index >= 15 is 0 Å². The van der Waals surface area contributed by atoms with E-state index in [2.05, 4.69) is 5.32 Å². The molecule has 9 nitrogen and oxygen atoms in total. The number of carbonyl (C=O) groups is 1. The standard InChI is InChI=1S/C28H22FN5O4/c1-16-3-2-10-33-25(16)32-26-21(28(33)36)12-20(24(30)34(26)14-17-4-7-19(29)8-5-17)27(35)31-13-18-6-9-22-23(11-18)38-15-37-22/h2-12,30H,13-15H2,1H3,(H,31,35). The number of carbonyl (C=O) groups excluding carboxylic acids is 1. The van der Waals surface area contributed by atoms with Crippen LogP contribution in [0.5, 0.6) is 11.5 Å². The lowest BCUT2D eigenvalue weighted by Gasteiger charge is -2.15. The molecule has 1 aliphatic rings. The largest absolute Gasteiger partial charge is 0.454 e. The molecule has 0 unspecified atom stereocenters. The Kier molecular flexibility index (Phi) is 5.64. The molecule has 3 aromatic heterocycles. The molecule has 0 radical (unpaired) electrons. The first kappa shape index (κ1) is 23.4. The Morgan fingerprint density at radius 1 is 1.05 bits per heavy atom. The first-order valence-corrected chi connectivity index (χ1v) is 11.9. The fourth-order valence-electron chi connectivity index (χ4n) is 4.52. The molecule has 10 heteroatoms. The predicted octanol–water partition coefficient (Wildman–Crippen LogP) is 3.28. The molecular weight excluding hydrogens is 489 g/mol. The number of nitrogens with zero attached hydrogens (tertiary/aromatic N) is 3. The van der Waals surface area contributed by atoms with Gasteiger partial charge < -0.3 is 19.4 Å². The Hall–Kier alpha value is -4.99. The van der Waals surface area contributed by atoms with E-state index in [1.54, 1.807) is 36.5 Å². The number of fused-ring (bicyclic) bond motifs is 3. The Balaban J connectivity index is 1.46. The van der Waals surface area contributed by atoms with E-state index in [1.165, 1.54) is 27.2 Å². The van der Waals surface area contributed by atoms with Crippen LogP contribution in [0.25, 0.3) is 16.7 Å². The predicted molar refractivity (Wildman–Crippen MR) is 137 cm³/mol. The highest BCUT2D eigenvalue weighted by atomic mass is 19.1. The van der Waals surface area contributed by atoms with Crippen LogP contribution in [0.1, 0.15) is 27.0 Å². The molecule has 38 heavy (non-hydrogen) atoms. The van der Waals surface area contributed by atoms with Gasteiger partial charge in [0, 0.05) is 12.7 Å². The Bertz CT molecular complexity index is 1860. The van der Waals surface area contributed by atoms with Crippen molar-refractivity contribution in [3.8, 4) is 11.5 Å². The van der Waals surface area contributed by atoms with Crippen LogP contribution in [0.15, 0.2) is 71.7 Å². The normalized spacial score (nSPS) is 12.3. The van der Waals surface area contributed by atoms with Crippen LogP contribution in [0.4, 0.5) is 4.39 Å². The van der Waals surface area contributed by atoms with E-state index in [4.69, 9.17) is 19.9 Å². The number of ether oxygens (including phenoxy) is 2. The maximum atomic E-state index is 13.5. The van der Waals surface area contributed by atoms with Crippen molar-refractivity contribution in [2.75, 3.05) is 6.79 Å². The minimum Gasteiger partial charge on any atom is -0.454 e. The number of pyridine rings is 2. The zero-order valence-corrected chi connectivity index (χ0v) is 20.3. The van der Waals surface area contributed by atoms with Gasteiger partial charge >= 0.3 is 0 Å². The zero-order valence-electron chi connectivity index (χ0n) is 20.3. The molecule has 1 aliphatic heterocycles. The molecule has 2 N–H and O–H groups in total. The Labute approximate surface area is 215 Å². The van der Waals surface area contributed by atoms with Crippen molar-refractivity contribution in [2.24, 2.45) is 0 Å². The monoisotopic (exact) mass is 511 g/mol. The highest BCUT2D eigenvalue weighted by Crippen LogP contribution is 2.32. The van der Waals surface area contributed by atoms with Gasteiger partial charge in [-0.15, -0.1) is 0 Å². The van der Waals surface area contributed by atoms with Crippen molar-refractivity contribution in [3.05, 3.63) is 111 Å². The second-order valence-electron chi connectivity index (χ2n) is 9.03. The van der Waals surface area contributed by atoms with Crippen molar-refractivity contribution >= 4 is 22.6 Å². The minimum atomic E-state index is -0.517. The number of hydrogen-bond acceptors (Lipinski definition) is 6. The average molecular weight is 512 g/mol. The highest BCUT2D eigenvalue weighted by molar-refractivity contribution is 5.96. The number of amides is 1. The van der Waals surface area contributed by atoms with Gasteiger partial charge in [0.05, 0.1) is 17.5 Å². The van der Waals surface area contributed by atoms with Gasteiger partial charge in [-0.25, -0.2) is 9.37 Å². The van der Waals surface area contributed by atoms with Crippen molar-refractivity contribution in [2.45, 2.75) is 20.0 Å². The van der Waals surface area contributed by atoms with Crippen LogP contribution in [0.2, 0.25) is 0 Å². The third-order valence-corrected chi connectivity index (χ3v) is 6.52. The summed E-state index contributed by atoms with van der Waals surface area (Å²) in [7, 11) is 0. The second-order valence-corrected chi connectivity index (χ2v) is 9.03. The molecule has 0 spiro atoms. The van der Waals surface area contributed by atoms with Crippen LogP contribution in [-0.4, -0.2) is 26.7 Å². The summed E-state index contributed by atoms with van der Waals surface area (Å²) in [6, 6.07) is 16.2. The highest BCUT2D eigenvalue weighted by Gasteiger charge is 2.19. The number of halogens is 1. The molecule has 0 atom stereocenters. The van der Waals surface area contributed by atoms with Gasteiger partial charge in [0.25, 0.3) is 11.5 Å². The van der Waals surface area contributed by atoms with Crippen LogP contribution >= 0.6 is 0 Å². The summed E-state index contributed by atoms with van der Waals surface area (Å²) >= 11 is 0. The van der Waals surface area contributed by atoms with E-state index < -0.39 is 5.91 Å². The van der Waals surface area contributed by atoms with Crippen LogP contribution in [-0.2, 0) is 13.1 Å². The first-order chi connectivity index (χ1) is 18.4. The summed E-state index contributed by atoms with van der Waals surface area (Å²) in [6.45, 7) is 2.29. The second kappa shape index (κ2) is 9.15. The molecule has 0 saturated carbocycles. The summed E-state index contributed by atoms with van der Waals surface area (Å²) in [5.74, 6) is 0.336. The summed E-state index contributed by atoms with van der Waals surface area (Å²) in [5, 5.41) is 11.9. The molecule has 4 heterocycles. The Morgan fingerprint density at radius 3 is 2.63 bits per heavy atom. The maximum Gasteiger partial charge on any atom is 0.267 e. The van der Waals surface area contributed by atoms with E-state index in [1.807, 2.05) is 19.1 Å². The smallest absolute Gasteiger partial charge is 0.267 e. The van der Waals surface area contributed by atoms with Gasteiger partial charge in [-0.3, -0.25) is 19.4 Å². The quantitative estimate of drug-likeness (QED) is 0.352. The van der Waals surface area contributed by atoms with Gasteiger partial charge in [0.15, 0.2) is 11.5 Å². The van der Waals surface area contributed by atoms with Gasteiger partial charge in [0.2, 0.25) is 6.79 Å². The van der Waals surface area contributed by atoms with Crippen molar-refractivity contribution < 1.29 is 18.7 Å². The topological polar surface area (TPSA) is 111 Å². The number of rotatable bonds is 5. The van der Waals surface area contributed by atoms with Gasteiger partial charge in [0.1, 0.15) is 22.6 Å². The van der Waals surface area contributed by atoms with Gasteiger partial charge in [-0.1, -0.05) is 24.3 Å². The van der Waals surface area contributed by atoms with E-state index in [0.717, 1.165) is 11.1 Å². The van der Waals surface area contributed by atoms with Crippen molar-refractivity contribution in [1.29, 1.82) is 5.41 Å². The summed E-state index contributed by atoms with van der Waals surface area (Å²) in [6.07, 6.45) is 1.62. The molecule has 2 aromatic carbocycles. The Morgan fingerprint density at radius 2 is 1.82 bits per heavy atom. The lowest BCUT2D eigenvalue weighted by atomic mass is 10.1. The van der Waals surface area contributed by atoms with Crippen molar-refractivity contribution in [1.82, 2.24) is 19.3 Å². The summed E-state index contributed by atoms with van der Waals surface area (Å²) < 4.78 is 27.2. The number of aryl methyl sites for hydroxylation is 1. The fraction of sp³-hybridized carbons (Fsp3) is 0.143. The number of benzene rings is 2. The average Bonchev–Trinajstić information content (AvgIpc) is 3.39. The van der Waals surface area contributed by atoms with Gasteiger partial charge in [-0.05, 0) is 60.0 Å².